The van der Waals surface area contributed by atoms with Crippen LogP contribution in [-0.2, 0) is 6.42 Å². The summed E-state index contributed by atoms with van der Waals surface area (Å²) in [5.41, 5.74) is 2.22. The molecule has 25 heavy (non-hydrogen) atoms. The molecule has 7 heteroatoms. The van der Waals surface area contributed by atoms with Crippen LogP contribution in [0.3, 0.4) is 0 Å². The van der Waals surface area contributed by atoms with Crippen LogP contribution in [-0.4, -0.2) is 47.8 Å². The van der Waals surface area contributed by atoms with Gasteiger partial charge in [-0.05, 0) is 51.7 Å². The Hall–Kier alpha value is -1.56. The number of carbonyl (C=O) groups is 1. The minimum absolute atomic E-state index is 0.0958. The molecule has 5 nitrogen and oxygen atoms in total. The number of nitrogens with zero attached hydrogens (tertiary/aromatic N) is 3. The summed E-state index contributed by atoms with van der Waals surface area (Å²) < 4.78 is 1.75. The van der Waals surface area contributed by atoms with E-state index in [0.717, 1.165) is 37.2 Å². The van der Waals surface area contributed by atoms with Gasteiger partial charge in [0.1, 0.15) is 0 Å². The average molecular weight is 383 g/mol. The minimum atomic E-state index is -0.0958. The molecule has 1 heterocycles. The van der Waals surface area contributed by atoms with E-state index < -0.39 is 0 Å². The van der Waals surface area contributed by atoms with Crippen LogP contribution < -0.4 is 5.32 Å². The predicted octanol–water partition coefficient (Wildman–Crippen LogP) is 3.81. The summed E-state index contributed by atoms with van der Waals surface area (Å²) >= 11 is 12.2. The van der Waals surface area contributed by atoms with E-state index in [1.807, 2.05) is 14.1 Å². The lowest BCUT2D eigenvalue weighted by molar-refractivity contribution is 0.0951. The van der Waals surface area contributed by atoms with E-state index in [0.29, 0.717) is 22.2 Å². The lowest BCUT2D eigenvalue weighted by Gasteiger charge is -2.11. The monoisotopic (exact) mass is 382 g/mol. The van der Waals surface area contributed by atoms with E-state index >= 15 is 0 Å². The third kappa shape index (κ3) is 5.46. The summed E-state index contributed by atoms with van der Waals surface area (Å²) in [5, 5.41) is 8.44. The topological polar surface area (TPSA) is 50.2 Å². The first-order valence-corrected chi connectivity index (χ1v) is 9.14. The molecule has 2 rings (SSSR count). The number of hydrogen-bond donors (Lipinski definition) is 1. The van der Waals surface area contributed by atoms with Crippen molar-refractivity contribution in [3.05, 3.63) is 45.7 Å². The van der Waals surface area contributed by atoms with Crippen LogP contribution in [0.5, 0.6) is 0 Å². The Morgan fingerprint density at radius 1 is 1.24 bits per heavy atom. The van der Waals surface area contributed by atoms with Gasteiger partial charge in [-0.3, -0.25) is 4.79 Å². The first-order valence-electron chi connectivity index (χ1n) is 8.38. The summed E-state index contributed by atoms with van der Waals surface area (Å²) in [4.78, 5) is 14.6. The van der Waals surface area contributed by atoms with Crippen LogP contribution in [0.1, 0.15) is 35.8 Å². The highest BCUT2D eigenvalue weighted by molar-refractivity contribution is 6.34. The van der Waals surface area contributed by atoms with E-state index in [9.17, 15) is 4.79 Å². The zero-order valence-electron chi connectivity index (χ0n) is 14.9. The van der Waals surface area contributed by atoms with Crippen LogP contribution >= 0.6 is 23.2 Å². The fourth-order valence-electron chi connectivity index (χ4n) is 2.62. The molecule has 136 valence electrons. The second-order valence-electron chi connectivity index (χ2n) is 6.21. The van der Waals surface area contributed by atoms with E-state index in [4.69, 9.17) is 23.2 Å². The summed E-state index contributed by atoms with van der Waals surface area (Å²) in [7, 11) is 4.03. The SMILES string of the molecule is CCCc1c(C(=O)NCCCN(C)C)cnn1-c1cc(Cl)cc(Cl)c1. The Balaban J connectivity index is 2.22. The molecule has 0 saturated heterocycles. The smallest absolute Gasteiger partial charge is 0.254 e. The summed E-state index contributed by atoms with van der Waals surface area (Å²) in [5.74, 6) is -0.0958. The third-order valence-corrected chi connectivity index (χ3v) is 4.20. The van der Waals surface area contributed by atoms with Crippen LogP contribution in [0.25, 0.3) is 5.69 Å². The Morgan fingerprint density at radius 2 is 1.92 bits per heavy atom. The lowest BCUT2D eigenvalue weighted by atomic mass is 10.1. The molecular formula is C18H24Cl2N4O. The summed E-state index contributed by atoms with van der Waals surface area (Å²) in [6.45, 7) is 3.64. The third-order valence-electron chi connectivity index (χ3n) is 3.76. The number of aromatic nitrogens is 2. The fraction of sp³-hybridized carbons (Fsp3) is 0.444. The van der Waals surface area contributed by atoms with Crippen molar-refractivity contribution in [2.24, 2.45) is 0 Å². The average Bonchev–Trinajstić information content (AvgIpc) is 2.94. The van der Waals surface area contributed by atoms with E-state index in [2.05, 4.69) is 22.2 Å². The van der Waals surface area contributed by atoms with Crippen LogP contribution in [0, 0.1) is 0 Å². The molecule has 0 atom stereocenters. The van der Waals surface area contributed by atoms with Crippen LogP contribution in [0.4, 0.5) is 0 Å². The van der Waals surface area contributed by atoms with Crippen molar-refractivity contribution < 1.29 is 4.79 Å². The molecule has 1 aromatic heterocycles. The highest BCUT2D eigenvalue weighted by atomic mass is 35.5. The number of nitrogens with one attached hydrogen (secondary N) is 1. The zero-order chi connectivity index (χ0) is 18.4. The van der Waals surface area contributed by atoms with Gasteiger partial charge >= 0.3 is 0 Å². The van der Waals surface area contributed by atoms with Gasteiger partial charge in [0.15, 0.2) is 0 Å². The van der Waals surface area contributed by atoms with Gasteiger partial charge in [-0.15, -0.1) is 0 Å². The summed E-state index contributed by atoms with van der Waals surface area (Å²) in [6, 6.07) is 5.25. The second-order valence-corrected chi connectivity index (χ2v) is 7.08. The highest BCUT2D eigenvalue weighted by Gasteiger charge is 2.18. The maximum Gasteiger partial charge on any atom is 0.254 e. The zero-order valence-corrected chi connectivity index (χ0v) is 16.4. The Kier molecular flexibility index (Phi) is 7.29. The van der Waals surface area contributed by atoms with Crippen LogP contribution in [0.2, 0.25) is 10.0 Å². The lowest BCUT2D eigenvalue weighted by Crippen LogP contribution is -2.27. The second kappa shape index (κ2) is 9.22. The van der Waals surface area contributed by atoms with Gasteiger partial charge in [-0.2, -0.15) is 5.10 Å². The van der Waals surface area contributed by atoms with Gasteiger partial charge < -0.3 is 10.2 Å². The molecule has 1 amide bonds. The van der Waals surface area contributed by atoms with Crippen molar-refractivity contribution in [2.45, 2.75) is 26.2 Å². The molecule has 1 N–H and O–H groups in total. The number of amides is 1. The molecule has 2 aromatic rings. The predicted molar refractivity (Wildman–Crippen MR) is 103 cm³/mol. The van der Waals surface area contributed by atoms with E-state index in [1.165, 1.54) is 0 Å². The molecule has 0 unspecified atom stereocenters. The molecule has 0 bridgehead atoms. The Labute approximate surface area is 158 Å². The first kappa shape index (κ1) is 19.8. The molecule has 0 aliphatic carbocycles. The van der Waals surface area contributed by atoms with Crippen molar-refractivity contribution in [3.63, 3.8) is 0 Å². The number of halogens is 2. The number of rotatable bonds is 8. The molecule has 0 aliphatic rings. The largest absolute Gasteiger partial charge is 0.352 e. The van der Waals surface area contributed by atoms with Gasteiger partial charge in [-0.25, -0.2) is 4.68 Å². The van der Waals surface area contributed by atoms with Gasteiger partial charge in [-0.1, -0.05) is 36.5 Å². The molecule has 0 spiro atoms. The van der Waals surface area contributed by atoms with Crippen molar-refractivity contribution in [3.8, 4) is 5.69 Å². The molecule has 0 aliphatic heterocycles. The number of carbonyl (C=O) groups excluding carboxylic acids is 1. The standard InChI is InChI=1S/C18H24Cl2N4O/c1-4-6-17-16(18(25)21-7-5-8-23(2)3)12-22-24(17)15-10-13(19)9-14(20)11-15/h9-12H,4-8H2,1-3H3,(H,21,25). The highest BCUT2D eigenvalue weighted by Crippen LogP contribution is 2.24. The summed E-state index contributed by atoms with van der Waals surface area (Å²) in [6.07, 6.45) is 4.16. The Morgan fingerprint density at radius 3 is 2.52 bits per heavy atom. The molecule has 1 aromatic carbocycles. The van der Waals surface area contributed by atoms with E-state index in [-0.39, 0.29) is 5.91 Å². The number of hydrogen-bond acceptors (Lipinski definition) is 3. The quantitative estimate of drug-likeness (QED) is 0.706. The van der Waals surface area contributed by atoms with E-state index in [1.54, 1.807) is 29.1 Å². The Bertz CT molecular complexity index is 708. The molecule has 0 saturated carbocycles. The number of benzene rings is 1. The normalized spacial score (nSPS) is 11.1. The van der Waals surface area contributed by atoms with Crippen molar-refractivity contribution in [1.82, 2.24) is 20.0 Å². The van der Waals surface area contributed by atoms with Crippen LogP contribution in [0.15, 0.2) is 24.4 Å². The minimum Gasteiger partial charge on any atom is -0.352 e. The first-order chi connectivity index (χ1) is 11.9. The van der Waals surface area contributed by atoms with Gasteiger partial charge in [0, 0.05) is 16.6 Å². The molecular weight excluding hydrogens is 359 g/mol. The molecule has 0 radical (unpaired) electrons. The maximum atomic E-state index is 12.5. The van der Waals surface area contributed by atoms with Crippen molar-refractivity contribution in [1.29, 1.82) is 0 Å². The molecule has 0 fully saturated rings. The van der Waals surface area contributed by atoms with Gasteiger partial charge in [0.05, 0.1) is 23.1 Å². The van der Waals surface area contributed by atoms with Gasteiger partial charge in [0.2, 0.25) is 0 Å². The van der Waals surface area contributed by atoms with Crippen molar-refractivity contribution in [2.75, 3.05) is 27.2 Å². The van der Waals surface area contributed by atoms with Gasteiger partial charge in [0.25, 0.3) is 5.91 Å². The maximum absolute atomic E-state index is 12.5. The fourth-order valence-corrected chi connectivity index (χ4v) is 3.13. The van der Waals surface area contributed by atoms with Crippen molar-refractivity contribution >= 4 is 29.1 Å².